The van der Waals surface area contributed by atoms with Crippen molar-refractivity contribution in [2.24, 2.45) is 5.92 Å². The van der Waals surface area contributed by atoms with Crippen molar-refractivity contribution in [3.63, 3.8) is 0 Å². The summed E-state index contributed by atoms with van der Waals surface area (Å²) in [5.41, 5.74) is 3.84. The van der Waals surface area contributed by atoms with Gasteiger partial charge in [-0.3, -0.25) is 4.79 Å². The number of aromatic nitrogens is 2. The van der Waals surface area contributed by atoms with Crippen LogP contribution < -0.4 is 0 Å². The Morgan fingerprint density at radius 2 is 1.97 bits per heavy atom. The Balaban J connectivity index is 1.28. The highest BCUT2D eigenvalue weighted by Crippen LogP contribution is 2.31. The number of halogens is 1. The number of hydrogen-bond donors (Lipinski definition) is 2. The smallest absolute Gasteiger partial charge is 0.367 e. The Hall–Kier alpha value is -3.74. The van der Waals surface area contributed by atoms with Gasteiger partial charge in [-0.25, -0.2) is 9.37 Å². The minimum absolute atomic E-state index is 0.0658. The Bertz CT molecular complexity index is 1280. The van der Waals surface area contributed by atoms with Crippen molar-refractivity contribution in [2.45, 2.75) is 38.2 Å². The van der Waals surface area contributed by atoms with E-state index in [-0.39, 0.29) is 24.3 Å². The molecule has 1 saturated carbocycles. The number of imidazole rings is 1. The molecule has 5 rings (SSSR count). The number of rotatable bonds is 6. The Kier molecular flexibility index (Phi) is 6.01. The molecule has 1 aliphatic carbocycles. The fraction of sp³-hybridized carbons (Fsp3) is 0.296. The summed E-state index contributed by atoms with van der Waals surface area (Å²) in [6.45, 7) is 4.60. The number of H-pyrrole nitrogens is 1. The lowest BCUT2D eigenvalue weighted by molar-refractivity contribution is -0.494. The van der Waals surface area contributed by atoms with Gasteiger partial charge in [-0.15, -0.1) is 0 Å². The average molecular weight is 461 g/mol. The van der Waals surface area contributed by atoms with Crippen molar-refractivity contribution in [3.8, 4) is 11.4 Å². The summed E-state index contributed by atoms with van der Waals surface area (Å²) in [5.74, 6) is 0.359. The summed E-state index contributed by atoms with van der Waals surface area (Å²) in [6.07, 6.45) is 7.52. The molecule has 1 fully saturated rings. The molecule has 2 heterocycles. The molecule has 2 aliphatic rings. The normalized spacial score (nSPS) is 20.7. The summed E-state index contributed by atoms with van der Waals surface area (Å²) < 4.78 is 23.0. The maximum atomic E-state index is 15.0. The first-order chi connectivity index (χ1) is 16.5. The molecule has 174 valence electrons. The van der Waals surface area contributed by atoms with Crippen molar-refractivity contribution in [1.29, 1.82) is 0 Å². The van der Waals surface area contributed by atoms with Crippen molar-refractivity contribution in [1.82, 2.24) is 9.97 Å². The summed E-state index contributed by atoms with van der Waals surface area (Å²) in [4.78, 5) is 18.6. The van der Waals surface area contributed by atoms with Gasteiger partial charge in [-0.1, -0.05) is 18.2 Å². The zero-order valence-corrected chi connectivity index (χ0v) is 18.8. The van der Waals surface area contributed by atoms with Crippen LogP contribution in [-0.2, 0) is 9.53 Å². The molecule has 0 unspecified atom stereocenters. The zero-order valence-electron chi connectivity index (χ0n) is 18.8. The third-order valence-corrected chi connectivity index (χ3v) is 6.63. The first-order valence-corrected chi connectivity index (χ1v) is 11.6. The van der Waals surface area contributed by atoms with Crippen LogP contribution in [-0.4, -0.2) is 45.0 Å². The third kappa shape index (κ3) is 4.64. The van der Waals surface area contributed by atoms with E-state index >= 15 is 4.39 Å². The highest BCUT2D eigenvalue weighted by atomic mass is 19.1. The SMILES string of the molecule is C=[N+]1CC(c2ccc(-c3nc4ccccc4[nH]3)c(F)c2)=CC=C1OC1CCC(CC(=O)O)CC1. The summed E-state index contributed by atoms with van der Waals surface area (Å²) in [6, 6.07) is 12.8. The largest absolute Gasteiger partial charge is 0.481 e. The molecular weight excluding hydrogens is 433 g/mol. The van der Waals surface area contributed by atoms with Crippen LogP contribution in [0.2, 0.25) is 0 Å². The summed E-state index contributed by atoms with van der Waals surface area (Å²) >= 11 is 0. The second kappa shape index (κ2) is 9.25. The number of aromatic amines is 1. The maximum absolute atomic E-state index is 15.0. The van der Waals surface area contributed by atoms with Crippen molar-refractivity contribution >= 4 is 29.3 Å². The van der Waals surface area contributed by atoms with Gasteiger partial charge in [0.1, 0.15) is 24.5 Å². The van der Waals surface area contributed by atoms with E-state index in [2.05, 4.69) is 16.7 Å². The number of hydrogen-bond acceptors (Lipinski definition) is 3. The maximum Gasteiger partial charge on any atom is 0.367 e. The number of carboxylic acids is 1. The Labute approximate surface area is 197 Å². The van der Waals surface area contributed by atoms with Gasteiger partial charge in [0.2, 0.25) is 0 Å². The fourth-order valence-electron chi connectivity index (χ4n) is 4.77. The standard InChI is InChI=1S/C27H26FN3O3/c1-31-16-19(9-13-25(31)34-20-10-6-17(7-11-20)14-26(32)33)18-8-12-21(22(28)15-18)27-29-23-4-2-3-5-24(23)30-27/h2-5,8-9,12-13,15,17,20H,1,6-7,10-11,14,16H2,(H-,29,30,32,33)/p+1. The molecule has 6 nitrogen and oxygen atoms in total. The van der Waals surface area contributed by atoms with Crippen LogP contribution in [0.15, 0.2) is 60.5 Å². The van der Waals surface area contributed by atoms with Crippen LogP contribution in [0.4, 0.5) is 4.39 Å². The van der Waals surface area contributed by atoms with Gasteiger partial charge in [0.25, 0.3) is 0 Å². The lowest BCUT2D eigenvalue weighted by Gasteiger charge is -2.28. The lowest BCUT2D eigenvalue weighted by Crippen LogP contribution is -2.26. The van der Waals surface area contributed by atoms with Gasteiger partial charge < -0.3 is 14.8 Å². The minimum Gasteiger partial charge on any atom is -0.481 e. The second-order valence-corrected chi connectivity index (χ2v) is 9.05. The van der Waals surface area contributed by atoms with Crippen LogP contribution in [0.5, 0.6) is 0 Å². The molecule has 7 heteroatoms. The lowest BCUT2D eigenvalue weighted by atomic mass is 9.85. The van der Waals surface area contributed by atoms with Gasteiger partial charge in [0, 0.05) is 12.0 Å². The highest BCUT2D eigenvalue weighted by Gasteiger charge is 2.28. The molecule has 0 bridgehead atoms. The Morgan fingerprint density at radius 3 is 2.68 bits per heavy atom. The molecule has 0 spiro atoms. The van der Waals surface area contributed by atoms with Crippen molar-refractivity contribution < 1.29 is 23.6 Å². The quantitative estimate of drug-likeness (QED) is 0.485. The van der Waals surface area contributed by atoms with E-state index in [0.29, 0.717) is 23.8 Å². The summed E-state index contributed by atoms with van der Waals surface area (Å²) in [5, 5.41) is 8.98. The Morgan fingerprint density at radius 1 is 1.18 bits per heavy atom. The number of carboxylic acid groups (broad SMARTS) is 1. The predicted octanol–water partition coefficient (Wildman–Crippen LogP) is 5.37. The van der Waals surface area contributed by atoms with Gasteiger partial charge in [-0.05, 0) is 67.5 Å². The van der Waals surface area contributed by atoms with E-state index in [0.717, 1.165) is 47.9 Å². The van der Waals surface area contributed by atoms with E-state index in [9.17, 15) is 4.79 Å². The fourth-order valence-corrected chi connectivity index (χ4v) is 4.77. The first-order valence-electron chi connectivity index (χ1n) is 11.6. The molecule has 1 aromatic heterocycles. The monoisotopic (exact) mass is 460 g/mol. The number of fused-ring (bicyclic) bond motifs is 1. The molecule has 0 atom stereocenters. The predicted molar refractivity (Wildman–Crippen MR) is 129 cm³/mol. The number of aliphatic carboxylic acids is 1. The van der Waals surface area contributed by atoms with Gasteiger partial charge >= 0.3 is 11.9 Å². The molecule has 3 aromatic rings. The molecule has 0 amide bonds. The van der Waals surface area contributed by atoms with E-state index in [4.69, 9.17) is 9.84 Å². The number of ether oxygens (including phenoxy) is 1. The van der Waals surface area contributed by atoms with Gasteiger partial charge in [-0.2, -0.15) is 4.58 Å². The molecular formula is C27H27FN3O3+. The molecule has 2 aromatic carbocycles. The van der Waals surface area contributed by atoms with Crippen LogP contribution in [0, 0.1) is 11.7 Å². The van der Waals surface area contributed by atoms with E-state index in [1.165, 1.54) is 6.07 Å². The number of benzene rings is 2. The van der Waals surface area contributed by atoms with E-state index in [1.54, 1.807) is 10.6 Å². The number of carbonyl (C=O) groups is 1. The van der Waals surface area contributed by atoms with Crippen LogP contribution in [0.3, 0.4) is 0 Å². The van der Waals surface area contributed by atoms with Crippen molar-refractivity contribution in [2.75, 3.05) is 6.54 Å². The molecule has 0 radical (unpaired) electrons. The number of nitrogens with one attached hydrogen (secondary N) is 1. The minimum atomic E-state index is -0.733. The number of allylic oxidation sites excluding steroid dienone is 2. The van der Waals surface area contributed by atoms with E-state index < -0.39 is 5.97 Å². The summed E-state index contributed by atoms with van der Waals surface area (Å²) in [7, 11) is 0. The number of para-hydroxylation sites is 2. The molecule has 0 saturated heterocycles. The first kappa shape index (κ1) is 22.1. The number of nitrogens with zero attached hydrogens (tertiary/aromatic N) is 2. The van der Waals surface area contributed by atoms with Crippen LogP contribution in [0.1, 0.15) is 37.7 Å². The van der Waals surface area contributed by atoms with Crippen LogP contribution >= 0.6 is 0 Å². The van der Waals surface area contributed by atoms with Crippen molar-refractivity contribution in [3.05, 3.63) is 71.9 Å². The average Bonchev–Trinajstić information content (AvgIpc) is 3.25. The topological polar surface area (TPSA) is 78.2 Å². The zero-order chi connectivity index (χ0) is 23.7. The molecule has 2 N–H and O–H groups in total. The van der Waals surface area contributed by atoms with E-state index in [1.807, 2.05) is 42.5 Å². The molecule has 34 heavy (non-hydrogen) atoms. The highest BCUT2D eigenvalue weighted by molar-refractivity contribution is 5.80. The second-order valence-electron chi connectivity index (χ2n) is 9.05. The third-order valence-electron chi connectivity index (χ3n) is 6.63. The van der Waals surface area contributed by atoms with Gasteiger partial charge in [0.15, 0.2) is 6.54 Å². The van der Waals surface area contributed by atoms with Gasteiger partial charge in [0.05, 0.1) is 22.7 Å². The van der Waals surface area contributed by atoms with Crippen LogP contribution in [0.25, 0.3) is 28.0 Å². The molecule has 1 aliphatic heterocycles.